The van der Waals surface area contributed by atoms with Crippen LogP contribution in [0.15, 0.2) is 18.2 Å². The Bertz CT molecular complexity index is 719. The molecular weight excluding hydrogens is 314 g/mol. The molecule has 1 heterocycles. The maximum absolute atomic E-state index is 13.1. The van der Waals surface area contributed by atoms with Gasteiger partial charge in [0.1, 0.15) is 5.60 Å². The van der Waals surface area contributed by atoms with Gasteiger partial charge in [0.15, 0.2) is 5.78 Å². The van der Waals surface area contributed by atoms with Crippen LogP contribution in [-0.2, 0) is 11.2 Å². The van der Waals surface area contributed by atoms with Crippen molar-refractivity contribution in [3.05, 3.63) is 34.9 Å². The van der Waals surface area contributed by atoms with Crippen LogP contribution in [0.4, 0.5) is 4.79 Å². The Morgan fingerprint density at radius 3 is 2.48 bits per heavy atom. The Labute approximate surface area is 149 Å². The number of rotatable bonds is 1. The number of carbonyl (C=O) groups excluding carboxylic acids is 2. The first-order valence-corrected chi connectivity index (χ1v) is 9.43. The highest BCUT2D eigenvalue weighted by atomic mass is 16.6. The summed E-state index contributed by atoms with van der Waals surface area (Å²) in [5, 5.41) is 0. The molecule has 1 saturated heterocycles. The molecule has 0 N–H and O–H groups in total. The highest BCUT2D eigenvalue weighted by molar-refractivity contribution is 6.05. The van der Waals surface area contributed by atoms with Crippen molar-refractivity contribution in [2.75, 3.05) is 13.1 Å². The zero-order valence-corrected chi connectivity index (χ0v) is 15.4. The Kier molecular flexibility index (Phi) is 3.71. The van der Waals surface area contributed by atoms with Gasteiger partial charge in [-0.05, 0) is 76.0 Å². The standard InChI is InChI=1S/C21H27NO3/c1-20(2,3)25-19(24)22-10-8-21(9-11-22)13-16-7-6-15(14-4-5-14)12-17(16)18(21)23/h6-7,12,14H,4-5,8-11,13H2,1-3H3. The number of fused-ring (bicyclic) bond motifs is 1. The summed E-state index contributed by atoms with van der Waals surface area (Å²) in [6, 6.07) is 6.51. The van der Waals surface area contributed by atoms with Crippen LogP contribution in [0.2, 0.25) is 0 Å². The van der Waals surface area contributed by atoms with Crippen LogP contribution in [0.1, 0.15) is 73.9 Å². The van der Waals surface area contributed by atoms with Gasteiger partial charge in [0.2, 0.25) is 0 Å². The number of nitrogens with zero attached hydrogens (tertiary/aromatic N) is 1. The first-order valence-electron chi connectivity index (χ1n) is 9.43. The van der Waals surface area contributed by atoms with Gasteiger partial charge in [-0.1, -0.05) is 12.1 Å². The molecule has 0 radical (unpaired) electrons. The molecule has 2 fully saturated rings. The van der Waals surface area contributed by atoms with Crippen LogP contribution in [0.3, 0.4) is 0 Å². The number of carbonyl (C=O) groups is 2. The number of likely N-dealkylation sites (tertiary alicyclic amines) is 1. The molecule has 1 saturated carbocycles. The number of piperidine rings is 1. The van der Waals surface area contributed by atoms with E-state index in [0.717, 1.165) is 24.8 Å². The van der Waals surface area contributed by atoms with Crippen molar-refractivity contribution in [3.63, 3.8) is 0 Å². The molecule has 4 heteroatoms. The average Bonchev–Trinajstić information content (AvgIpc) is 3.35. The van der Waals surface area contributed by atoms with E-state index in [4.69, 9.17) is 4.74 Å². The van der Waals surface area contributed by atoms with Crippen molar-refractivity contribution in [1.29, 1.82) is 0 Å². The highest BCUT2D eigenvalue weighted by Gasteiger charge is 2.48. The summed E-state index contributed by atoms with van der Waals surface area (Å²) in [7, 11) is 0. The van der Waals surface area contributed by atoms with Crippen molar-refractivity contribution < 1.29 is 14.3 Å². The number of benzene rings is 1. The molecule has 1 aromatic carbocycles. The van der Waals surface area contributed by atoms with Gasteiger partial charge in [0.25, 0.3) is 0 Å². The minimum atomic E-state index is -0.481. The molecule has 0 unspecified atom stereocenters. The molecule has 4 rings (SSSR count). The van der Waals surface area contributed by atoms with Gasteiger partial charge < -0.3 is 9.64 Å². The Balaban J connectivity index is 1.46. The minimum absolute atomic E-state index is 0.263. The van der Waals surface area contributed by atoms with E-state index in [0.29, 0.717) is 24.8 Å². The maximum Gasteiger partial charge on any atom is 0.410 e. The van der Waals surface area contributed by atoms with Crippen molar-refractivity contribution in [2.24, 2.45) is 5.41 Å². The van der Waals surface area contributed by atoms with E-state index < -0.39 is 5.60 Å². The van der Waals surface area contributed by atoms with Crippen LogP contribution < -0.4 is 0 Å². The van der Waals surface area contributed by atoms with E-state index in [1.54, 1.807) is 4.90 Å². The first kappa shape index (κ1) is 16.6. The molecule has 1 aliphatic heterocycles. The van der Waals surface area contributed by atoms with Gasteiger partial charge in [-0.25, -0.2) is 4.79 Å². The van der Waals surface area contributed by atoms with Gasteiger partial charge in [0, 0.05) is 24.1 Å². The topological polar surface area (TPSA) is 46.6 Å². The van der Waals surface area contributed by atoms with Gasteiger partial charge >= 0.3 is 6.09 Å². The van der Waals surface area contributed by atoms with Gasteiger partial charge in [-0.3, -0.25) is 4.79 Å². The maximum atomic E-state index is 13.1. The van der Waals surface area contributed by atoms with E-state index in [-0.39, 0.29) is 11.5 Å². The Morgan fingerprint density at radius 1 is 1.20 bits per heavy atom. The lowest BCUT2D eigenvalue weighted by molar-refractivity contribution is 0.0114. The molecule has 25 heavy (non-hydrogen) atoms. The van der Waals surface area contributed by atoms with Gasteiger partial charge in [-0.15, -0.1) is 0 Å². The second-order valence-corrected chi connectivity index (χ2v) is 8.94. The molecular formula is C21H27NO3. The number of Topliss-reactive ketones (excluding diaryl/α,β-unsaturated/α-hetero) is 1. The molecule has 1 spiro atoms. The van der Waals surface area contributed by atoms with Crippen molar-refractivity contribution in [3.8, 4) is 0 Å². The predicted octanol–water partition coefficient (Wildman–Crippen LogP) is 4.32. The molecule has 3 aliphatic rings. The van der Waals surface area contributed by atoms with Gasteiger partial charge in [-0.2, -0.15) is 0 Å². The number of ketones is 1. The van der Waals surface area contributed by atoms with Crippen LogP contribution >= 0.6 is 0 Å². The molecule has 0 aromatic heterocycles. The van der Waals surface area contributed by atoms with Crippen molar-refractivity contribution in [1.82, 2.24) is 4.90 Å². The summed E-state index contributed by atoms with van der Waals surface area (Å²) >= 11 is 0. The summed E-state index contributed by atoms with van der Waals surface area (Å²) in [4.78, 5) is 27.2. The van der Waals surface area contributed by atoms with Crippen LogP contribution in [0.5, 0.6) is 0 Å². The second-order valence-electron chi connectivity index (χ2n) is 8.94. The number of ether oxygens (including phenoxy) is 1. The molecule has 4 nitrogen and oxygen atoms in total. The number of amides is 1. The molecule has 2 aliphatic carbocycles. The van der Waals surface area contributed by atoms with E-state index in [1.807, 2.05) is 20.8 Å². The quantitative estimate of drug-likeness (QED) is 0.764. The van der Waals surface area contributed by atoms with Crippen LogP contribution in [0.25, 0.3) is 0 Å². The molecule has 134 valence electrons. The summed E-state index contributed by atoms with van der Waals surface area (Å²) in [6.07, 6.45) is 4.54. The Hall–Kier alpha value is -1.84. The molecule has 1 amide bonds. The number of hydrogen-bond acceptors (Lipinski definition) is 3. The smallest absolute Gasteiger partial charge is 0.410 e. The number of hydrogen-bond donors (Lipinski definition) is 0. The third-order valence-electron chi connectivity index (χ3n) is 5.81. The zero-order valence-electron chi connectivity index (χ0n) is 15.4. The lowest BCUT2D eigenvalue weighted by Crippen LogP contribution is -2.47. The van der Waals surface area contributed by atoms with E-state index in [1.165, 1.54) is 24.0 Å². The van der Waals surface area contributed by atoms with Crippen LogP contribution in [-0.4, -0.2) is 35.5 Å². The first-order chi connectivity index (χ1) is 11.8. The monoisotopic (exact) mass is 341 g/mol. The third kappa shape index (κ3) is 3.07. The molecule has 0 atom stereocenters. The van der Waals surface area contributed by atoms with Crippen molar-refractivity contribution in [2.45, 2.75) is 64.4 Å². The van der Waals surface area contributed by atoms with Crippen LogP contribution in [0, 0.1) is 5.41 Å². The Morgan fingerprint density at radius 2 is 1.88 bits per heavy atom. The normalized spacial score (nSPS) is 22.2. The van der Waals surface area contributed by atoms with Gasteiger partial charge in [0.05, 0.1) is 0 Å². The summed E-state index contributed by atoms with van der Waals surface area (Å²) in [5.41, 5.74) is 2.68. The van der Waals surface area contributed by atoms with Crippen molar-refractivity contribution >= 4 is 11.9 Å². The predicted molar refractivity (Wildman–Crippen MR) is 95.9 cm³/mol. The zero-order chi connectivity index (χ0) is 17.8. The van der Waals surface area contributed by atoms with E-state index in [2.05, 4.69) is 18.2 Å². The highest BCUT2D eigenvalue weighted by Crippen LogP contribution is 2.47. The average molecular weight is 341 g/mol. The van der Waals surface area contributed by atoms with E-state index in [9.17, 15) is 9.59 Å². The molecule has 0 bridgehead atoms. The lowest BCUT2D eigenvalue weighted by atomic mass is 9.75. The lowest BCUT2D eigenvalue weighted by Gasteiger charge is -2.38. The van der Waals surface area contributed by atoms with E-state index >= 15 is 0 Å². The molecule has 1 aromatic rings. The second kappa shape index (κ2) is 5.58. The fourth-order valence-corrected chi connectivity index (χ4v) is 4.21. The summed E-state index contributed by atoms with van der Waals surface area (Å²) < 4.78 is 5.47. The summed E-state index contributed by atoms with van der Waals surface area (Å²) in [6.45, 7) is 6.84. The largest absolute Gasteiger partial charge is 0.444 e. The third-order valence-corrected chi connectivity index (χ3v) is 5.81. The summed E-state index contributed by atoms with van der Waals surface area (Å²) in [5.74, 6) is 0.970. The fraction of sp³-hybridized carbons (Fsp3) is 0.619. The fourth-order valence-electron chi connectivity index (χ4n) is 4.21. The minimum Gasteiger partial charge on any atom is -0.444 e. The SMILES string of the molecule is CC(C)(C)OC(=O)N1CCC2(CC1)Cc1ccc(C3CC3)cc1C2=O.